The highest BCUT2D eigenvalue weighted by atomic mass is 16.5. The van der Waals surface area contributed by atoms with Crippen LogP contribution in [0.3, 0.4) is 0 Å². The average molecular weight is 245 g/mol. The maximum Gasteiger partial charge on any atom is 0.220 e. The largest absolute Gasteiger partial charge is 0.384 e. The molecule has 0 heterocycles. The molecule has 1 amide bonds. The first-order chi connectivity index (χ1) is 7.72. The normalized spacial score (nSPS) is 12.6. The van der Waals surface area contributed by atoms with Crippen LogP contribution in [0.15, 0.2) is 0 Å². The predicted molar refractivity (Wildman–Crippen MR) is 69.0 cm³/mol. The Morgan fingerprint density at radius 1 is 1.12 bits per heavy atom. The van der Waals surface area contributed by atoms with Gasteiger partial charge in [0.05, 0.1) is 25.4 Å². The molecular weight excluding hydrogens is 218 g/mol. The van der Waals surface area contributed by atoms with Crippen LogP contribution in [0.4, 0.5) is 0 Å². The van der Waals surface area contributed by atoms with Gasteiger partial charge in [0.25, 0.3) is 0 Å². The Bertz CT molecular complexity index is 237. The predicted octanol–water partition coefficient (Wildman–Crippen LogP) is 1.98. The van der Waals surface area contributed by atoms with Gasteiger partial charge in [0.2, 0.25) is 5.91 Å². The van der Waals surface area contributed by atoms with Crippen LogP contribution in [0.25, 0.3) is 0 Å². The Kier molecular flexibility index (Phi) is 6.72. The molecule has 0 aromatic rings. The number of carbonyl (C=O) groups is 1. The molecule has 0 saturated heterocycles. The molecule has 4 heteroatoms. The third-order valence-corrected chi connectivity index (χ3v) is 2.29. The molecule has 0 aliphatic rings. The van der Waals surface area contributed by atoms with E-state index in [0.29, 0.717) is 26.2 Å². The van der Waals surface area contributed by atoms with E-state index in [0.717, 1.165) is 0 Å². The number of nitrogens with one attached hydrogen (secondary N) is 1. The van der Waals surface area contributed by atoms with E-state index in [2.05, 4.69) is 19.2 Å². The first-order valence-corrected chi connectivity index (χ1v) is 6.10. The van der Waals surface area contributed by atoms with Gasteiger partial charge in [0, 0.05) is 18.9 Å². The number of amides is 1. The molecule has 0 fully saturated rings. The van der Waals surface area contributed by atoms with Gasteiger partial charge in [0.1, 0.15) is 0 Å². The van der Waals surface area contributed by atoms with Crippen molar-refractivity contribution in [2.24, 2.45) is 5.41 Å². The zero-order chi connectivity index (χ0) is 13.5. The lowest BCUT2D eigenvalue weighted by Gasteiger charge is -2.29. The topological polar surface area (TPSA) is 47.6 Å². The number of rotatable bonds is 8. The van der Waals surface area contributed by atoms with Gasteiger partial charge in [-0.25, -0.2) is 0 Å². The highest BCUT2D eigenvalue weighted by Crippen LogP contribution is 2.16. The Balaban J connectivity index is 3.98. The van der Waals surface area contributed by atoms with Crippen molar-refractivity contribution >= 4 is 5.91 Å². The number of hydrogen-bond acceptors (Lipinski definition) is 3. The van der Waals surface area contributed by atoms with Gasteiger partial charge in [-0.3, -0.25) is 4.79 Å². The summed E-state index contributed by atoms with van der Waals surface area (Å²) in [5.74, 6) is 0.0507. The Hall–Kier alpha value is -0.610. The fourth-order valence-corrected chi connectivity index (χ4v) is 1.52. The number of ether oxygens (including phenoxy) is 2. The van der Waals surface area contributed by atoms with Crippen LogP contribution in [0.1, 0.15) is 41.0 Å². The summed E-state index contributed by atoms with van der Waals surface area (Å²) in [5, 5.41) is 2.93. The van der Waals surface area contributed by atoms with Crippen molar-refractivity contribution in [1.82, 2.24) is 5.32 Å². The standard InChI is InChI=1S/C13H27NO3/c1-7-11(15)14-13(4,5)10-17-9-12(2,3)8-16-6/h7-10H2,1-6H3,(H,14,15). The smallest absolute Gasteiger partial charge is 0.220 e. The van der Waals surface area contributed by atoms with E-state index < -0.39 is 0 Å². The Morgan fingerprint density at radius 2 is 1.71 bits per heavy atom. The summed E-state index contributed by atoms with van der Waals surface area (Å²) in [7, 11) is 1.69. The van der Waals surface area contributed by atoms with Gasteiger partial charge < -0.3 is 14.8 Å². The average Bonchev–Trinajstić information content (AvgIpc) is 2.15. The van der Waals surface area contributed by atoms with Crippen molar-refractivity contribution < 1.29 is 14.3 Å². The molecule has 4 nitrogen and oxygen atoms in total. The van der Waals surface area contributed by atoms with Gasteiger partial charge >= 0.3 is 0 Å². The van der Waals surface area contributed by atoms with Crippen LogP contribution in [0.5, 0.6) is 0 Å². The fourth-order valence-electron chi connectivity index (χ4n) is 1.52. The lowest BCUT2D eigenvalue weighted by Crippen LogP contribution is -2.47. The fraction of sp³-hybridized carbons (Fsp3) is 0.923. The number of methoxy groups -OCH3 is 1. The molecular formula is C13H27NO3. The summed E-state index contributed by atoms with van der Waals surface area (Å²) in [6.45, 7) is 11.7. The molecule has 0 atom stereocenters. The van der Waals surface area contributed by atoms with E-state index in [1.165, 1.54) is 0 Å². The first kappa shape index (κ1) is 16.4. The highest BCUT2D eigenvalue weighted by Gasteiger charge is 2.23. The van der Waals surface area contributed by atoms with Gasteiger partial charge in [0.15, 0.2) is 0 Å². The molecule has 0 radical (unpaired) electrons. The summed E-state index contributed by atoms with van der Waals surface area (Å²) < 4.78 is 10.8. The van der Waals surface area contributed by atoms with Crippen LogP contribution < -0.4 is 5.32 Å². The molecule has 0 aliphatic carbocycles. The van der Waals surface area contributed by atoms with E-state index in [9.17, 15) is 4.79 Å². The molecule has 0 spiro atoms. The summed E-state index contributed by atoms with van der Waals surface area (Å²) in [5.41, 5.74) is -0.324. The molecule has 0 aliphatic heterocycles. The summed E-state index contributed by atoms with van der Waals surface area (Å²) >= 11 is 0. The zero-order valence-electron chi connectivity index (χ0n) is 12.1. The molecule has 17 heavy (non-hydrogen) atoms. The van der Waals surface area contributed by atoms with Crippen molar-refractivity contribution in [1.29, 1.82) is 0 Å². The van der Waals surface area contributed by atoms with Gasteiger partial charge in [-0.2, -0.15) is 0 Å². The second kappa shape index (κ2) is 6.97. The van der Waals surface area contributed by atoms with Gasteiger partial charge in [-0.05, 0) is 13.8 Å². The molecule has 0 aromatic heterocycles. The first-order valence-electron chi connectivity index (χ1n) is 6.10. The minimum absolute atomic E-state index is 0.000402. The van der Waals surface area contributed by atoms with Crippen molar-refractivity contribution in [3.8, 4) is 0 Å². The van der Waals surface area contributed by atoms with E-state index in [-0.39, 0.29) is 16.9 Å². The van der Waals surface area contributed by atoms with Crippen molar-refractivity contribution in [3.63, 3.8) is 0 Å². The van der Waals surface area contributed by atoms with Crippen molar-refractivity contribution in [2.75, 3.05) is 26.9 Å². The quantitative estimate of drug-likeness (QED) is 0.711. The maximum absolute atomic E-state index is 11.3. The molecule has 0 rings (SSSR count). The summed E-state index contributed by atoms with van der Waals surface area (Å²) in [4.78, 5) is 11.3. The third kappa shape index (κ3) is 8.16. The van der Waals surface area contributed by atoms with Gasteiger partial charge in [-0.15, -0.1) is 0 Å². The molecule has 0 unspecified atom stereocenters. The molecule has 0 aromatic carbocycles. The number of carbonyl (C=O) groups excluding carboxylic acids is 1. The minimum atomic E-state index is -0.323. The second-order valence-corrected chi connectivity index (χ2v) is 5.88. The van der Waals surface area contributed by atoms with E-state index in [4.69, 9.17) is 9.47 Å². The van der Waals surface area contributed by atoms with Crippen molar-refractivity contribution in [3.05, 3.63) is 0 Å². The zero-order valence-corrected chi connectivity index (χ0v) is 12.1. The molecule has 102 valence electrons. The van der Waals surface area contributed by atoms with E-state index >= 15 is 0 Å². The van der Waals surface area contributed by atoms with Crippen LogP contribution in [-0.4, -0.2) is 38.4 Å². The highest BCUT2D eigenvalue weighted by molar-refractivity contribution is 5.76. The number of hydrogen-bond donors (Lipinski definition) is 1. The molecule has 0 saturated carbocycles. The Labute approximate surface area is 105 Å². The van der Waals surface area contributed by atoms with E-state index in [1.807, 2.05) is 20.8 Å². The monoisotopic (exact) mass is 245 g/mol. The lowest BCUT2D eigenvalue weighted by molar-refractivity contribution is -0.123. The Morgan fingerprint density at radius 3 is 2.18 bits per heavy atom. The van der Waals surface area contributed by atoms with Crippen molar-refractivity contribution in [2.45, 2.75) is 46.6 Å². The third-order valence-electron chi connectivity index (χ3n) is 2.29. The van der Waals surface area contributed by atoms with Gasteiger partial charge in [-0.1, -0.05) is 20.8 Å². The van der Waals surface area contributed by atoms with Crippen LogP contribution in [0.2, 0.25) is 0 Å². The SMILES string of the molecule is CCC(=O)NC(C)(C)COCC(C)(C)COC. The minimum Gasteiger partial charge on any atom is -0.384 e. The summed E-state index contributed by atoms with van der Waals surface area (Å²) in [6, 6.07) is 0. The molecule has 0 bridgehead atoms. The second-order valence-electron chi connectivity index (χ2n) is 5.88. The van der Waals surface area contributed by atoms with Crippen LogP contribution in [-0.2, 0) is 14.3 Å². The van der Waals surface area contributed by atoms with E-state index in [1.54, 1.807) is 7.11 Å². The maximum atomic E-state index is 11.3. The van der Waals surface area contributed by atoms with Crippen LogP contribution >= 0.6 is 0 Å². The lowest BCUT2D eigenvalue weighted by atomic mass is 9.96. The summed E-state index contributed by atoms with van der Waals surface area (Å²) in [6.07, 6.45) is 0.499. The molecule has 1 N–H and O–H groups in total. The van der Waals surface area contributed by atoms with Crippen LogP contribution in [0, 0.1) is 5.41 Å².